The first-order chi connectivity index (χ1) is 18.5. The van der Waals surface area contributed by atoms with Crippen LogP contribution in [0.15, 0.2) is 54.6 Å². The highest BCUT2D eigenvalue weighted by atomic mass is 35.5. The van der Waals surface area contributed by atoms with E-state index >= 15 is 0 Å². The number of imidazole rings is 1. The number of nitrogens with one attached hydrogen (secondary N) is 1. The number of carbonyl (C=O) groups is 1. The number of halogens is 1. The fourth-order valence-electron chi connectivity index (χ4n) is 5.25. The molecule has 196 valence electrons. The van der Waals surface area contributed by atoms with E-state index in [0.717, 1.165) is 64.6 Å². The summed E-state index contributed by atoms with van der Waals surface area (Å²) in [4.78, 5) is 16.7. The summed E-state index contributed by atoms with van der Waals surface area (Å²) in [6.45, 7) is 5.68. The number of hydrogen-bond acceptors (Lipinski definition) is 6. The molecule has 0 bridgehead atoms. The number of fused-ring (bicyclic) bond motifs is 2. The summed E-state index contributed by atoms with van der Waals surface area (Å²) in [7, 11) is 0. The Labute approximate surface area is 226 Å². The molecule has 2 aliphatic heterocycles. The lowest BCUT2D eigenvalue weighted by Crippen LogP contribution is -2.11. The maximum Gasteiger partial charge on any atom is 0.306 e. The summed E-state index contributed by atoms with van der Waals surface area (Å²) in [5.74, 6) is 1.45. The Morgan fingerprint density at radius 2 is 2.11 bits per heavy atom. The number of hydrogen-bond donors (Lipinski definition) is 1. The third-order valence-electron chi connectivity index (χ3n) is 7.31. The summed E-state index contributed by atoms with van der Waals surface area (Å²) in [5.41, 5.74) is 7.15. The molecule has 0 unspecified atom stereocenters. The van der Waals surface area contributed by atoms with E-state index in [4.69, 9.17) is 30.8 Å². The molecule has 0 amide bonds. The van der Waals surface area contributed by atoms with Crippen molar-refractivity contribution in [3.8, 4) is 11.4 Å². The lowest BCUT2D eigenvalue weighted by Gasteiger charge is -2.18. The predicted octanol–water partition coefficient (Wildman–Crippen LogP) is 6.84. The van der Waals surface area contributed by atoms with Crippen LogP contribution in [0.25, 0.3) is 16.7 Å². The lowest BCUT2D eigenvalue weighted by atomic mass is 10.1. The molecule has 38 heavy (non-hydrogen) atoms. The van der Waals surface area contributed by atoms with Crippen LogP contribution in [0.5, 0.6) is 5.75 Å². The van der Waals surface area contributed by atoms with Gasteiger partial charge in [0, 0.05) is 41.9 Å². The molecule has 0 saturated carbocycles. The Bertz CT molecular complexity index is 1510. The number of rotatable bonds is 7. The Kier molecular flexibility index (Phi) is 6.72. The number of nitrogens with zero attached hydrogens (tertiary/aromatic N) is 2. The van der Waals surface area contributed by atoms with Crippen molar-refractivity contribution in [3.63, 3.8) is 0 Å². The third-order valence-corrected chi connectivity index (χ3v) is 7.55. The standard InChI is InChI=1S/C30H30ClN3O4/c1-3-29(35)38-28-17-37-27-15-21(10-11-22(27)28)32-16-19-6-4-7-24(18(19)2)34-25-12-9-20(31)14-23(25)33-30(34)26-8-5-13-36-26/h4,6-7,9-12,14-15,26,28,32H,3,5,8,13,16-17H2,1-2H3/t26-,28-/m1/s1. The molecule has 2 atom stereocenters. The average molecular weight is 532 g/mol. The first-order valence-electron chi connectivity index (χ1n) is 13.1. The highest BCUT2D eigenvalue weighted by Gasteiger charge is 2.28. The van der Waals surface area contributed by atoms with E-state index in [1.165, 1.54) is 5.56 Å². The van der Waals surface area contributed by atoms with Gasteiger partial charge in [0.25, 0.3) is 0 Å². The molecular formula is C30H30ClN3O4. The topological polar surface area (TPSA) is 74.6 Å². The average Bonchev–Trinajstić information content (AvgIpc) is 3.67. The van der Waals surface area contributed by atoms with Crippen molar-refractivity contribution in [2.75, 3.05) is 18.5 Å². The van der Waals surface area contributed by atoms with E-state index in [1.54, 1.807) is 6.92 Å². The largest absolute Gasteiger partial charge is 0.489 e. The minimum absolute atomic E-state index is 0.0332. The molecule has 1 N–H and O–H groups in total. The van der Waals surface area contributed by atoms with Gasteiger partial charge in [-0.3, -0.25) is 9.36 Å². The molecule has 0 radical (unpaired) electrons. The number of benzene rings is 3. The van der Waals surface area contributed by atoms with E-state index < -0.39 is 0 Å². The minimum atomic E-state index is -0.344. The molecule has 4 aromatic rings. The van der Waals surface area contributed by atoms with Crippen molar-refractivity contribution in [2.24, 2.45) is 0 Å². The number of carbonyl (C=O) groups excluding carboxylic acids is 1. The molecule has 8 heteroatoms. The highest BCUT2D eigenvalue weighted by molar-refractivity contribution is 6.31. The maximum atomic E-state index is 11.7. The molecular weight excluding hydrogens is 502 g/mol. The van der Waals surface area contributed by atoms with Crippen molar-refractivity contribution in [3.05, 3.63) is 82.1 Å². The van der Waals surface area contributed by atoms with E-state index in [1.807, 2.05) is 36.4 Å². The van der Waals surface area contributed by atoms with Crippen molar-refractivity contribution >= 4 is 34.3 Å². The number of anilines is 1. The van der Waals surface area contributed by atoms with Crippen LogP contribution in [0.2, 0.25) is 5.02 Å². The SMILES string of the molecule is CCC(=O)O[C@@H]1COc2cc(NCc3cccc(-n4c([C@H]5CCCO5)nc5cc(Cl)ccc54)c3C)ccc21. The molecule has 3 heterocycles. The third kappa shape index (κ3) is 4.61. The molecule has 1 saturated heterocycles. The van der Waals surface area contributed by atoms with Gasteiger partial charge in [-0.05, 0) is 67.3 Å². The molecule has 2 aliphatic rings. The van der Waals surface area contributed by atoms with Crippen molar-refractivity contribution in [1.82, 2.24) is 9.55 Å². The van der Waals surface area contributed by atoms with Crippen LogP contribution in [-0.2, 0) is 20.8 Å². The van der Waals surface area contributed by atoms with E-state index in [2.05, 4.69) is 35.0 Å². The first kappa shape index (κ1) is 24.8. The summed E-state index contributed by atoms with van der Waals surface area (Å²) in [6, 6.07) is 18.1. The monoisotopic (exact) mass is 531 g/mol. The van der Waals surface area contributed by atoms with Gasteiger partial charge in [-0.25, -0.2) is 4.98 Å². The van der Waals surface area contributed by atoms with Gasteiger partial charge in [0.05, 0.1) is 16.7 Å². The fraction of sp³-hybridized carbons (Fsp3) is 0.333. The summed E-state index contributed by atoms with van der Waals surface area (Å²) >= 11 is 6.29. The summed E-state index contributed by atoms with van der Waals surface area (Å²) in [6.07, 6.45) is 1.96. The summed E-state index contributed by atoms with van der Waals surface area (Å²) < 4.78 is 19.6. The Morgan fingerprint density at radius 1 is 1.21 bits per heavy atom. The Morgan fingerprint density at radius 3 is 2.92 bits per heavy atom. The van der Waals surface area contributed by atoms with Crippen LogP contribution in [-0.4, -0.2) is 28.7 Å². The van der Waals surface area contributed by atoms with Crippen LogP contribution >= 0.6 is 11.6 Å². The number of ether oxygens (including phenoxy) is 3. The van der Waals surface area contributed by atoms with Gasteiger partial charge in [-0.15, -0.1) is 0 Å². The van der Waals surface area contributed by atoms with Crippen LogP contribution in [0.4, 0.5) is 5.69 Å². The Hall–Kier alpha value is -3.55. The minimum Gasteiger partial charge on any atom is -0.489 e. The predicted molar refractivity (Wildman–Crippen MR) is 147 cm³/mol. The fourth-order valence-corrected chi connectivity index (χ4v) is 5.42. The van der Waals surface area contributed by atoms with Crippen LogP contribution in [0.1, 0.15) is 60.9 Å². The van der Waals surface area contributed by atoms with Crippen LogP contribution in [0, 0.1) is 6.92 Å². The van der Waals surface area contributed by atoms with Gasteiger partial charge in [0.2, 0.25) is 0 Å². The zero-order valence-corrected chi connectivity index (χ0v) is 22.3. The molecule has 0 spiro atoms. The molecule has 0 aliphatic carbocycles. The smallest absolute Gasteiger partial charge is 0.306 e. The molecule has 6 rings (SSSR count). The quantitative estimate of drug-likeness (QED) is 0.263. The maximum absolute atomic E-state index is 11.7. The zero-order valence-electron chi connectivity index (χ0n) is 21.5. The van der Waals surface area contributed by atoms with E-state index in [9.17, 15) is 4.79 Å². The zero-order chi connectivity index (χ0) is 26.2. The summed E-state index contributed by atoms with van der Waals surface area (Å²) in [5, 5.41) is 4.20. The highest BCUT2D eigenvalue weighted by Crippen LogP contribution is 2.38. The van der Waals surface area contributed by atoms with Crippen molar-refractivity contribution in [2.45, 2.75) is 51.9 Å². The van der Waals surface area contributed by atoms with Gasteiger partial charge in [-0.1, -0.05) is 30.7 Å². The van der Waals surface area contributed by atoms with Gasteiger partial charge in [0.1, 0.15) is 24.3 Å². The molecule has 1 aromatic heterocycles. The Balaban J connectivity index is 1.27. The molecule has 3 aromatic carbocycles. The molecule has 7 nitrogen and oxygen atoms in total. The van der Waals surface area contributed by atoms with Crippen molar-refractivity contribution < 1.29 is 19.0 Å². The van der Waals surface area contributed by atoms with Gasteiger partial charge >= 0.3 is 5.97 Å². The number of aromatic nitrogens is 2. The second-order valence-corrected chi connectivity index (χ2v) is 10.2. The van der Waals surface area contributed by atoms with Gasteiger partial charge in [0.15, 0.2) is 6.10 Å². The lowest BCUT2D eigenvalue weighted by molar-refractivity contribution is -0.149. The first-order valence-corrected chi connectivity index (χ1v) is 13.5. The van der Waals surface area contributed by atoms with Crippen molar-refractivity contribution in [1.29, 1.82) is 0 Å². The second-order valence-electron chi connectivity index (χ2n) is 9.75. The van der Waals surface area contributed by atoms with Gasteiger partial charge in [-0.2, -0.15) is 0 Å². The van der Waals surface area contributed by atoms with E-state index in [0.29, 0.717) is 24.6 Å². The van der Waals surface area contributed by atoms with E-state index in [-0.39, 0.29) is 18.2 Å². The normalized spacial score (nSPS) is 18.4. The number of esters is 1. The second kappa shape index (κ2) is 10.3. The van der Waals surface area contributed by atoms with Gasteiger partial charge < -0.3 is 19.5 Å². The molecule has 1 fully saturated rings. The van der Waals surface area contributed by atoms with Crippen LogP contribution in [0.3, 0.4) is 0 Å². The van der Waals surface area contributed by atoms with Crippen LogP contribution < -0.4 is 10.1 Å².